The van der Waals surface area contributed by atoms with Gasteiger partial charge in [0.25, 0.3) is 0 Å². The van der Waals surface area contributed by atoms with Crippen LogP contribution in [0.15, 0.2) is 18.5 Å². The van der Waals surface area contributed by atoms with E-state index in [-0.39, 0.29) is 5.56 Å². The number of nitrogens with one attached hydrogen (secondary N) is 1. The van der Waals surface area contributed by atoms with E-state index in [1.807, 2.05) is 0 Å². The number of aromatic nitrogens is 1. The fourth-order valence-corrected chi connectivity index (χ4v) is 2.66. The third kappa shape index (κ3) is 3.12. The Balaban J connectivity index is 3.50. The lowest BCUT2D eigenvalue weighted by atomic mass is 9.93. The van der Waals surface area contributed by atoms with Crippen LogP contribution in [0.1, 0.15) is 31.0 Å². The molecule has 1 aromatic rings. The average molecular weight is 310 g/mol. The first kappa shape index (κ1) is 16.9. The van der Waals surface area contributed by atoms with Crippen LogP contribution in [0.4, 0.5) is 13.2 Å². The van der Waals surface area contributed by atoms with Crippen LogP contribution in [0.25, 0.3) is 0 Å². The number of nitrogens with zero attached hydrogens (tertiary/aromatic N) is 1. The molecule has 0 aliphatic carbocycles. The number of rotatable bonds is 4. The summed E-state index contributed by atoms with van der Waals surface area (Å²) in [5.41, 5.74) is -1.07. The molecule has 1 atom stereocenters. The van der Waals surface area contributed by atoms with Crippen LogP contribution in [-0.2, 0) is 16.0 Å². The molecule has 0 aromatic carbocycles. The van der Waals surface area contributed by atoms with Crippen LogP contribution < -0.4 is 5.32 Å². The lowest BCUT2D eigenvalue weighted by molar-refractivity contribution is -0.138. The van der Waals surface area contributed by atoms with Gasteiger partial charge in [0.05, 0.1) is 16.4 Å². The first-order valence-electron chi connectivity index (χ1n) is 5.81. The summed E-state index contributed by atoms with van der Waals surface area (Å²) in [5, 5.41) is 2.66. The van der Waals surface area contributed by atoms with Crippen molar-refractivity contribution < 1.29 is 21.6 Å². The average Bonchev–Trinajstić information content (AvgIpc) is 2.27. The monoisotopic (exact) mass is 310 g/mol. The van der Waals surface area contributed by atoms with E-state index in [1.165, 1.54) is 20.9 Å². The highest BCUT2D eigenvalue weighted by Gasteiger charge is 2.43. The van der Waals surface area contributed by atoms with Gasteiger partial charge in [-0.15, -0.1) is 0 Å². The summed E-state index contributed by atoms with van der Waals surface area (Å²) in [6, 6.07) is -0.180. The molecule has 1 heterocycles. The topological polar surface area (TPSA) is 59.1 Å². The van der Waals surface area contributed by atoms with Crippen LogP contribution in [0, 0.1) is 0 Å². The van der Waals surface area contributed by atoms with E-state index in [0.717, 1.165) is 24.7 Å². The quantitative estimate of drug-likeness (QED) is 0.926. The van der Waals surface area contributed by atoms with E-state index < -0.39 is 32.4 Å². The Morgan fingerprint density at radius 3 is 2.25 bits per heavy atom. The number of halogens is 3. The van der Waals surface area contributed by atoms with Crippen LogP contribution in [0.5, 0.6) is 0 Å². The van der Waals surface area contributed by atoms with Gasteiger partial charge in [-0.05, 0) is 27.0 Å². The fraction of sp³-hybridized carbons (Fsp3) is 0.583. The molecule has 0 amide bonds. The number of pyridine rings is 1. The van der Waals surface area contributed by atoms with E-state index in [9.17, 15) is 21.6 Å². The van der Waals surface area contributed by atoms with Crippen LogP contribution in [-0.4, -0.2) is 31.5 Å². The summed E-state index contributed by atoms with van der Waals surface area (Å²) in [6.07, 6.45) is -1.48. The summed E-state index contributed by atoms with van der Waals surface area (Å²) < 4.78 is 61.4. The lowest BCUT2D eigenvalue weighted by Crippen LogP contribution is -2.44. The maximum absolute atomic E-state index is 13.0. The molecule has 1 unspecified atom stereocenters. The number of sulfone groups is 1. The molecule has 1 aromatic heterocycles. The molecule has 0 radical (unpaired) electrons. The van der Waals surface area contributed by atoms with Crippen molar-refractivity contribution in [1.29, 1.82) is 0 Å². The molecule has 0 aliphatic rings. The van der Waals surface area contributed by atoms with E-state index in [4.69, 9.17) is 0 Å². The number of alkyl halides is 3. The molecular weight excluding hydrogens is 293 g/mol. The van der Waals surface area contributed by atoms with E-state index >= 15 is 0 Å². The first-order chi connectivity index (χ1) is 8.93. The van der Waals surface area contributed by atoms with Crippen molar-refractivity contribution in [2.45, 2.75) is 30.8 Å². The van der Waals surface area contributed by atoms with Crippen LogP contribution in [0.3, 0.4) is 0 Å². The van der Waals surface area contributed by atoms with Crippen molar-refractivity contribution in [3.63, 3.8) is 0 Å². The Hall–Kier alpha value is -1.15. The summed E-state index contributed by atoms with van der Waals surface area (Å²) in [6.45, 7) is 2.77. The van der Waals surface area contributed by atoms with Gasteiger partial charge in [-0.25, -0.2) is 8.42 Å². The summed E-state index contributed by atoms with van der Waals surface area (Å²) in [4.78, 5) is 3.69. The first-order valence-corrected chi connectivity index (χ1v) is 7.70. The predicted octanol–water partition coefficient (Wildman–Crippen LogP) is 2.18. The minimum absolute atomic E-state index is 0.182. The number of hydrogen-bond acceptors (Lipinski definition) is 4. The Labute approximate surface area is 116 Å². The van der Waals surface area contributed by atoms with Crippen molar-refractivity contribution in [3.8, 4) is 0 Å². The van der Waals surface area contributed by atoms with Gasteiger partial charge in [-0.3, -0.25) is 4.98 Å². The Kier molecular flexibility index (Phi) is 4.50. The van der Waals surface area contributed by atoms with E-state index in [1.54, 1.807) is 0 Å². The molecule has 1 rings (SSSR count). The SMILES string of the molecule is CNC(c1cnccc1C(F)(F)F)C(C)(C)S(C)(=O)=O. The third-order valence-corrected chi connectivity index (χ3v) is 5.55. The second-order valence-electron chi connectivity index (χ2n) is 5.06. The van der Waals surface area contributed by atoms with Crippen LogP contribution in [0.2, 0.25) is 0 Å². The smallest absolute Gasteiger partial charge is 0.312 e. The molecule has 8 heteroatoms. The fourth-order valence-electron chi connectivity index (χ4n) is 1.99. The molecule has 0 bridgehead atoms. The molecule has 0 spiro atoms. The van der Waals surface area contributed by atoms with Gasteiger partial charge < -0.3 is 5.32 Å². The Bertz CT molecular complexity index is 583. The predicted molar refractivity (Wildman–Crippen MR) is 70.0 cm³/mol. The minimum Gasteiger partial charge on any atom is -0.312 e. The van der Waals surface area contributed by atoms with Crippen molar-refractivity contribution in [1.82, 2.24) is 10.3 Å². The molecule has 114 valence electrons. The summed E-state index contributed by atoms with van der Waals surface area (Å²) in [7, 11) is -2.16. The van der Waals surface area contributed by atoms with Crippen molar-refractivity contribution in [2.75, 3.05) is 13.3 Å². The normalized spacial score (nSPS) is 15.2. The Morgan fingerprint density at radius 1 is 1.30 bits per heavy atom. The second kappa shape index (κ2) is 5.33. The lowest BCUT2D eigenvalue weighted by Gasteiger charge is -2.33. The van der Waals surface area contributed by atoms with Crippen molar-refractivity contribution in [3.05, 3.63) is 29.6 Å². The molecule has 0 saturated heterocycles. The maximum Gasteiger partial charge on any atom is 0.416 e. The third-order valence-electron chi connectivity index (χ3n) is 3.41. The zero-order chi connectivity index (χ0) is 15.8. The molecule has 0 saturated carbocycles. The van der Waals surface area contributed by atoms with Crippen LogP contribution >= 0.6 is 0 Å². The standard InChI is InChI=1S/C12H17F3N2O2S/c1-11(2,20(4,18)19)10(16-3)8-7-17-6-5-9(8)12(13,14)15/h5-7,10,16H,1-4H3. The molecule has 4 nitrogen and oxygen atoms in total. The highest BCUT2D eigenvalue weighted by Crippen LogP contribution is 2.39. The van der Waals surface area contributed by atoms with Gasteiger partial charge in [0, 0.05) is 24.2 Å². The van der Waals surface area contributed by atoms with Gasteiger partial charge in [-0.2, -0.15) is 13.2 Å². The molecule has 1 N–H and O–H groups in total. The highest BCUT2D eigenvalue weighted by atomic mass is 32.2. The van der Waals surface area contributed by atoms with E-state index in [0.29, 0.717) is 0 Å². The summed E-state index contributed by atoms with van der Waals surface area (Å²) in [5.74, 6) is 0. The molecule has 20 heavy (non-hydrogen) atoms. The van der Waals surface area contributed by atoms with Gasteiger partial charge in [0.15, 0.2) is 9.84 Å². The van der Waals surface area contributed by atoms with Gasteiger partial charge in [0.2, 0.25) is 0 Å². The van der Waals surface area contributed by atoms with Gasteiger partial charge >= 0.3 is 6.18 Å². The minimum atomic E-state index is -4.57. The van der Waals surface area contributed by atoms with E-state index in [2.05, 4.69) is 10.3 Å². The Morgan fingerprint density at radius 2 is 1.85 bits per heavy atom. The second-order valence-corrected chi connectivity index (χ2v) is 7.65. The molecular formula is C12H17F3N2O2S. The van der Waals surface area contributed by atoms with Gasteiger partial charge in [-0.1, -0.05) is 0 Å². The van der Waals surface area contributed by atoms with Gasteiger partial charge in [0.1, 0.15) is 0 Å². The maximum atomic E-state index is 13.0. The highest BCUT2D eigenvalue weighted by molar-refractivity contribution is 7.92. The zero-order valence-electron chi connectivity index (χ0n) is 11.6. The molecule has 0 fully saturated rings. The largest absolute Gasteiger partial charge is 0.416 e. The summed E-state index contributed by atoms with van der Waals surface area (Å²) >= 11 is 0. The van der Waals surface area contributed by atoms with Crippen molar-refractivity contribution in [2.24, 2.45) is 0 Å². The molecule has 0 aliphatic heterocycles. The zero-order valence-corrected chi connectivity index (χ0v) is 12.4. The number of hydrogen-bond donors (Lipinski definition) is 1. The van der Waals surface area contributed by atoms with Crippen molar-refractivity contribution >= 4 is 9.84 Å².